The molecule has 0 spiro atoms. The SMILES string of the molecule is CNC1CCC(NC(=O)Nc2cccc(C#N)c2)CC1. The van der Waals surface area contributed by atoms with E-state index >= 15 is 0 Å². The molecular formula is C15H20N4O. The fraction of sp³-hybridized carbons (Fsp3) is 0.467. The fourth-order valence-electron chi connectivity index (χ4n) is 2.55. The summed E-state index contributed by atoms with van der Waals surface area (Å²) in [4.78, 5) is 11.9. The molecule has 0 aromatic heterocycles. The Morgan fingerprint density at radius 2 is 1.95 bits per heavy atom. The van der Waals surface area contributed by atoms with Gasteiger partial charge in [0, 0.05) is 17.8 Å². The summed E-state index contributed by atoms with van der Waals surface area (Å²) < 4.78 is 0. The first kappa shape index (κ1) is 14.4. The highest BCUT2D eigenvalue weighted by molar-refractivity contribution is 5.89. The molecular weight excluding hydrogens is 252 g/mol. The lowest BCUT2D eigenvalue weighted by molar-refractivity contribution is 0.241. The third kappa shape index (κ3) is 3.97. The molecule has 5 heteroatoms. The molecule has 0 atom stereocenters. The maximum absolute atomic E-state index is 11.9. The van der Waals surface area contributed by atoms with Gasteiger partial charge in [-0.05, 0) is 50.9 Å². The van der Waals surface area contributed by atoms with E-state index in [9.17, 15) is 4.79 Å². The molecule has 2 rings (SSSR count). The second-order valence-electron chi connectivity index (χ2n) is 5.13. The van der Waals surface area contributed by atoms with Crippen molar-refractivity contribution in [3.8, 4) is 6.07 Å². The van der Waals surface area contributed by atoms with Crippen molar-refractivity contribution in [2.45, 2.75) is 37.8 Å². The average Bonchev–Trinajstić information content (AvgIpc) is 2.48. The van der Waals surface area contributed by atoms with Crippen molar-refractivity contribution in [3.63, 3.8) is 0 Å². The number of nitrogens with zero attached hydrogens (tertiary/aromatic N) is 1. The molecule has 106 valence electrons. The van der Waals surface area contributed by atoms with Crippen molar-refractivity contribution in [2.24, 2.45) is 0 Å². The lowest BCUT2D eigenvalue weighted by Gasteiger charge is -2.28. The molecule has 3 N–H and O–H groups in total. The predicted molar refractivity (Wildman–Crippen MR) is 78.4 cm³/mol. The third-order valence-electron chi connectivity index (χ3n) is 3.72. The van der Waals surface area contributed by atoms with Crippen LogP contribution < -0.4 is 16.0 Å². The Balaban J connectivity index is 1.82. The molecule has 0 aliphatic heterocycles. The van der Waals surface area contributed by atoms with Crippen LogP contribution in [0, 0.1) is 11.3 Å². The van der Waals surface area contributed by atoms with Gasteiger partial charge in [-0.15, -0.1) is 0 Å². The molecule has 1 aliphatic carbocycles. The summed E-state index contributed by atoms with van der Waals surface area (Å²) in [7, 11) is 1.98. The van der Waals surface area contributed by atoms with E-state index in [-0.39, 0.29) is 12.1 Å². The van der Waals surface area contributed by atoms with Gasteiger partial charge in [0.2, 0.25) is 0 Å². The van der Waals surface area contributed by atoms with E-state index < -0.39 is 0 Å². The molecule has 5 nitrogen and oxygen atoms in total. The summed E-state index contributed by atoms with van der Waals surface area (Å²) in [5.74, 6) is 0. The van der Waals surface area contributed by atoms with Gasteiger partial charge in [0.05, 0.1) is 11.6 Å². The zero-order chi connectivity index (χ0) is 14.4. The largest absolute Gasteiger partial charge is 0.335 e. The van der Waals surface area contributed by atoms with Crippen LogP contribution in [-0.4, -0.2) is 25.2 Å². The number of hydrogen-bond acceptors (Lipinski definition) is 3. The van der Waals surface area contributed by atoms with Gasteiger partial charge in [0.25, 0.3) is 0 Å². The van der Waals surface area contributed by atoms with E-state index in [1.165, 1.54) is 0 Å². The minimum atomic E-state index is -0.201. The molecule has 0 heterocycles. The number of amides is 2. The van der Waals surface area contributed by atoms with Crippen molar-refractivity contribution in [1.29, 1.82) is 5.26 Å². The van der Waals surface area contributed by atoms with Crippen LogP contribution in [0.15, 0.2) is 24.3 Å². The normalized spacial score (nSPS) is 21.8. The van der Waals surface area contributed by atoms with E-state index in [2.05, 4.69) is 22.0 Å². The molecule has 1 fully saturated rings. The Kier molecular flexibility index (Phi) is 4.97. The Hall–Kier alpha value is -2.06. The fourth-order valence-corrected chi connectivity index (χ4v) is 2.55. The predicted octanol–water partition coefficient (Wildman–Crippen LogP) is 2.21. The highest BCUT2D eigenvalue weighted by Crippen LogP contribution is 2.18. The van der Waals surface area contributed by atoms with Gasteiger partial charge in [-0.2, -0.15) is 5.26 Å². The van der Waals surface area contributed by atoms with Crippen LogP contribution in [-0.2, 0) is 0 Å². The number of rotatable bonds is 3. The molecule has 0 unspecified atom stereocenters. The van der Waals surface area contributed by atoms with Gasteiger partial charge in [-0.3, -0.25) is 0 Å². The Labute approximate surface area is 119 Å². The zero-order valence-electron chi connectivity index (χ0n) is 11.6. The van der Waals surface area contributed by atoms with Crippen molar-refractivity contribution in [1.82, 2.24) is 10.6 Å². The van der Waals surface area contributed by atoms with E-state index in [0.29, 0.717) is 17.3 Å². The summed E-state index contributed by atoms with van der Waals surface area (Å²) in [6, 6.07) is 9.57. The maximum atomic E-state index is 11.9. The number of nitriles is 1. The zero-order valence-corrected chi connectivity index (χ0v) is 11.6. The number of urea groups is 1. The van der Waals surface area contributed by atoms with Crippen LogP contribution in [0.1, 0.15) is 31.2 Å². The summed E-state index contributed by atoms with van der Waals surface area (Å²) in [5, 5.41) is 17.9. The number of benzene rings is 1. The van der Waals surface area contributed by atoms with E-state index in [4.69, 9.17) is 5.26 Å². The van der Waals surface area contributed by atoms with Crippen LogP contribution in [0.25, 0.3) is 0 Å². The third-order valence-corrected chi connectivity index (χ3v) is 3.72. The van der Waals surface area contributed by atoms with Crippen LogP contribution >= 0.6 is 0 Å². The van der Waals surface area contributed by atoms with E-state index in [1.54, 1.807) is 24.3 Å². The van der Waals surface area contributed by atoms with Crippen molar-refractivity contribution in [3.05, 3.63) is 29.8 Å². The molecule has 1 aromatic carbocycles. The van der Waals surface area contributed by atoms with Gasteiger partial charge in [-0.1, -0.05) is 6.07 Å². The minimum Gasteiger partial charge on any atom is -0.335 e. The number of anilines is 1. The first-order valence-electron chi connectivity index (χ1n) is 6.96. The van der Waals surface area contributed by atoms with Crippen LogP contribution in [0.3, 0.4) is 0 Å². The average molecular weight is 272 g/mol. The number of carbonyl (C=O) groups is 1. The number of nitrogens with one attached hydrogen (secondary N) is 3. The molecule has 1 aromatic rings. The van der Waals surface area contributed by atoms with Crippen LogP contribution in [0.5, 0.6) is 0 Å². The van der Waals surface area contributed by atoms with E-state index in [0.717, 1.165) is 25.7 Å². The Bertz CT molecular complexity index is 501. The lowest BCUT2D eigenvalue weighted by Crippen LogP contribution is -2.43. The molecule has 0 bridgehead atoms. The second-order valence-corrected chi connectivity index (χ2v) is 5.13. The first-order valence-corrected chi connectivity index (χ1v) is 6.96. The number of carbonyl (C=O) groups excluding carboxylic acids is 1. The summed E-state index contributed by atoms with van der Waals surface area (Å²) in [6.45, 7) is 0. The van der Waals surface area contributed by atoms with Crippen molar-refractivity contribution < 1.29 is 4.79 Å². The maximum Gasteiger partial charge on any atom is 0.319 e. The smallest absolute Gasteiger partial charge is 0.319 e. The molecule has 0 radical (unpaired) electrons. The summed E-state index contributed by atoms with van der Waals surface area (Å²) in [5.41, 5.74) is 1.18. The number of hydrogen-bond donors (Lipinski definition) is 3. The van der Waals surface area contributed by atoms with Gasteiger partial charge in [0.15, 0.2) is 0 Å². The first-order chi connectivity index (χ1) is 9.71. The van der Waals surface area contributed by atoms with Crippen molar-refractivity contribution >= 4 is 11.7 Å². The standard InChI is InChI=1S/C15H20N4O/c1-17-12-5-7-13(8-6-12)18-15(20)19-14-4-2-3-11(9-14)10-16/h2-4,9,12-13,17H,5-8H2,1H3,(H2,18,19,20). The molecule has 20 heavy (non-hydrogen) atoms. The summed E-state index contributed by atoms with van der Waals surface area (Å²) >= 11 is 0. The van der Waals surface area contributed by atoms with Crippen LogP contribution in [0.2, 0.25) is 0 Å². The highest BCUT2D eigenvalue weighted by atomic mass is 16.2. The Morgan fingerprint density at radius 1 is 1.25 bits per heavy atom. The molecule has 0 saturated heterocycles. The van der Waals surface area contributed by atoms with Gasteiger partial charge < -0.3 is 16.0 Å². The van der Waals surface area contributed by atoms with Gasteiger partial charge >= 0.3 is 6.03 Å². The monoisotopic (exact) mass is 272 g/mol. The Morgan fingerprint density at radius 3 is 2.60 bits per heavy atom. The van der Waals surface area contributed by atoms with E-state index in [1.807, 2.05) is 7.05 Å². The topological polar surface area (TPSA) is 76.9 Å². The van der Waals surface area contributed by atoms with Crippen LogP contribution in [0.4, 0.5) is 10.5 Å². The quantitative estimate of drug-likeness (QED) is 0.789. The van der Waals surface area contributed by atoms with Gasteiger partial charge in [0.1, 0.15) is 0 Å². The highest BCUT2D eigenvalue weighted by Gasteiger charge is 2.21. The summed E-state index contributed by atoms with van der Waals surface area (Å²) in [6.07, 6.45) is 4.17. The molecule has 1 aliphatic rings. The molecule has 2 amide bonds. The van der Waals surface area contributed by atoms with Gasteiger partial charge in [-0.25, -0.2) is 4.79 Å². The minimum absolute atomic E-state index is 0.201. The molecule has 1 saturated carbocycles. The second kappa shape index (κ2) is 6.92. The van der Waals surface area contributed by atoms with Crippen molar-refractivity contribution in [2.75, 3.05) is 12.4 Å². The lowest BCUT2D eigenvalue weighted by atomic mass is 9.91.